The molecule has 112 valence electrons. The number of hydrogen-bond donors (Lipinski definition) is 1. The van der Waals surface area contributed by atoms with Gasteiger partial charge >= 0.3 is 0 Å². The third kappa shape index (κ3) is 3.71. The Kier molecular flexibility index (Phi) is 5.01. The Balaban J connectivity index is 2.18. The first kappa shape index (κ1) is 15.3. The second kappa shape index (κ2) is 6.56. The number of nitrogens with zero attached hydrogens (tertiary/aromatic N) is 1. The molecule has 1 aliphatic heterocycles. The van der Waals surface area contributed by atoms with Gasteiger partial charge in [-0.05, 0) is 25.5 Å². The Morgan fingerprint density at radius 1 is 1.35 bits per heavy atom. The third-order valence-corrected chi connectivity index (χ3v) is 4.93. The minimum absolute atomic E-state index is 0.0134. The second-order valence-corrected chi connectivity index (χ2v) is 7.13. The molecule has 0 amide bonds. The molecule has 0 radical (unpaired) electrons. The molecule has 1 aliphatic rings. The van der Waals surface area contributed by atoms with Gasteiger partial charge in [0, 0.05) is 19.6 Å². The van der Waals surface area contributed by atoms with Gasteiger partial charge in [-0.25, -0.2) is 8.42 Å². The van der Waals surface area contributed by atoms with Crippen molar-refractivity contribution in [3.05, 3.63) is 29.8 Å². The molecule has 1 N–H and O–H groups in total. The Labute approximate surface area is 121 Å². The number of anilines is 1. The molecule has 0 atom stereocenters. The smallest absolute Gasteiger partial charge is 0.237 e. The molecule has 6 heteroatoms. The summed E-state index contributed by atoms with van der Waals surface area (Å²) in [4.78, 5) is 0. The van der Waals surface area contributed by atoms with Gasteiger partial charge < -0.3 is 10.1 Å². The van der Waals surface area contributed by atoms with Crippen molar-refractivity contribution in [2.75, 3.05) is 29.8 Å². The first-order valence-electron chi connectivity index (χ1n) is 6.91. The van der Waals surface area contributed by atoms with E-state index in [9.17, 15) is 8.42 Å². The molecule has 0 spiro atoms. The summed E-state index contributed by atoms with van der Waals surface area (Å²) in [6.07, 6.45) is 0.0447. The Bertz CT molecular complexity index is 543. The maximum atomic E-state index is 12.5. The van der Waals surface area contributed by atoms with Gasteiger partial charge in [0.05, 0.1) is 24.2 Å². The predicted molar refractivity (Wildman–Crippen MR) is 80.4 cm³/mol. The lowest BCUT2D eigenvalue weighted by Gasteiger charge is -2.24. The zero-order chi connectivity index (χ0) is 14.6. The van der Waals surface area contributed by atoms with Crippen molar-refractivity contribution in [1.29, 1.82) is 0 Å². The molecule has 0 aliphatic carbocycles. The van der Waals surface area contributed by atoms with Crippen LogP contribution < -0.4 is 9.62 Å². The minimum atomic E-state index is -3.35. The average molecular weight is 298 g/mol. The molecule has 0 unspecified atom stereocenters. The van der Waals surface area contributed by atoms with Crippen LogP contribution in [0.5, 0.6) is 0 Å². The van der Waals surface area contributed by atoms with Crippen LogP contribution in [0.25, 0.3) is 0 Å². The highest BCUT2D eigenvalue weighted by Gasteiger charge is 2.25. The Morgan fingerprint density at radius 2 is 2.10 bits per heavy atom. The molecule has 20 heavy (non-hydrogen) atoms. The van der Waals surface area contributed by atoms with E-state index in [1.807, 2.05) is 38.1 Å². The van der Waals surface area contributed by atoms with Crippen LogP contribution in [0.15, 0.2) is 24.3 Å². The quantitative estimate of drug-likeness (QED) is 0.891. The zero-order valence-electron chi connectivity index (χ0n) is 12.0. The van der Waals surface area contributed by atoms with E-state index in [2.05, 4.69) is 5.32 Å². The standard InChI is InChI=1S/C14H22N2O3S/c1-12(2)19-9-10-20(17,18)16-8-7-15-11-13-5-3-4-6-14(13)16/h3-6,12,15H,7-11H2,1-2H3. The second-order valence-electron chi connectivity index (χ2n) is 5.11. The predicted octanol–water partition coefficient (Wildman–Crippen LogP) is 1.35. The highest BCUT2D eigenvalue weighted by atomic mass is 32.2. The Morgan fingerprint density at radius 3 is 2.85 bits per heavy atom. The molecule has 2 rings (SSSR count). The van der Waals surface area contributed by atoms with E-state index < -0.39 is 10.0 Å². The van der Waals surface area contributed by atoms with Crippen molar-refractivity contribution in [2.45, 2.75) is 26.5 Å². The first-order chi connectivity index (χ1) is 9.50. The van der Waals surface area contributed by atoms with E-state index in [1.54, 1.807) is 0 Å². The van der Waals surface area contributed by atoms with Crippen LogP contribution >= 0.6 is 0 Å². The summed E-state index contributed by atoms with van der Waals surface area (Å²) in [5.74, 6) is 0.0134. The molecule has 1 heterocycles. The molecule has 0 aromatic heterocycles. The SMILES string of the molecule is CC(C)OCCS(=O)(=O)N1CCNCc2ccccc21. The lowest BCUT2D eigenvalue weighted by atomic mass is 10.2. The highest BCUT2D eigenvalue weighted by Crippen LogP contribution is 2.24. The monoisotopic (exact) mass is 298 g/mol. The van der Waals surface area contributed by atoms with Crippen molar-refractivity contribution in [3.8, 4) is 0 Å². The Hall–Kier alpha value is -1.11. The van der Waals surface area contributed by atoms with Gasteiger partial charge in [-0.1, -0.05) is 18.2 Å². The summed E-state index contributed by atoms with van der Waals surface area (Å²) in [7, 11) is -3.35. The number of para-hydroxylation sites is 1. The highest BCUT2D eigenvalue weighted by molar-refractivity contribution is 7.92. The summed E-state index contributed by atoms with van der Waals surface area (Å²) in [6, 6.07) is 7.62. The summed E-state index contributed by atoms with van der Waals surface area (Å²) >= 11 is 0. The molecular formula is C14H22N2O3S. The minimum Gasteiger partial charge on any atom is -0.378 e. The third-order valence-electron chi connectivity index (χ3n) is 3.20. The summed E-state index contributed by atoms with van der Waals surface area (Å²) < 4.78 is 31.9. The lowest BCUT2D eigenvalue weighted by molar-refractivity contribution is 0.0912. The van der Waals surface area contributed by atoms with Crippen LogP contribution in [-0.2, 0) is 21.3 Å². The lowest BCUT2D eigenvalue weighted by Crippen LogP contribution is -2.37. The number of benzene rings is 1. The van der Waals surface area contributed by atoms with E-state index in [4.69, 9.17) is 4.74 Å². The fourth-order valence-electron chi connectivity index (χ4n) is 2.22. The topological polar surface area (TPSA) is 58.6 Å². The van der Waals surface area contributed by atoms with E-state index in [0.29, 0.717) is 19.6 Å². The number of sulfonamides is 1. The van der Waals surface area contributed by atoms with Crippen LogP contribution in [0.1, 0.15) is 19.4 Å². The van der Waals surface area contributed by atoms with E-state index >= 15 is 0 Å². The van der Waals surface area contributed by atoms with Crippen molar-refractivity contribution in [2.24, 2.45) is 0 Å². The number of ether oxygens (including phenoxy) is 1. The normalized spacial score (nSPS) is 16.1. The number of hydrogen-bond acceptors (Lipinski definition) is 4. The van der Waals surface area contributed by atoms with Crippen LogP contribution in [0.3, 0.4) is 0 Å². The van der Waals surface area contributed by atoms with Crippen molar-refractivity contribution < 1.29 is 13.2 Å². The maximum Gasteiger partial charge on any atom is 0.237 e. The van der Waals surface area contributed by atoms with Crippen LogP contribution in [0.2, 0.25) is 0 Å². The van der Waals surface area contributed by atoms with E-state index in [0.717, 1.165) is 11.3 Å². The molecule has 0 saturated heterocycles. The van der Waals surface area contributed by atoms with E-state index in [1.165, 1.54) is 4.31 Å². The van der Waals surface area contributed by atoms with Crippen molar-refractivity contribution >= 4 is 15.7 Å². The average Bonchev–Trinajstić information content (AvgIpc) is 2.60. The van der Waals surface area contributed by atoms with Gasteiger partial charge in [0.25, 0.3) is 0 Å². The van der Waals surface area contributed by atoms with Gasteiger partial charge in [0.1, 0.15) is 0 Å². The van der Waals surface area contributed by atoms with Crippen LogP contribution in [-0.4, -0.2) is 40.0 Å². The number of nitrogens with one attached hydrogen (secondary N) is 1. The van der Waals surface area contributed by atoms with Gasteiger partial charge in [-0.15, -0.1) is 0 Å². The molecule has 0 saturated carbocycles. The van der Waals surface area contributed by atoms with Gasteiger partial charge in [-0.2, -0.15) is 0 Å². The van der Waals surface area contributed by atoms with Gasteiger partial charge in [0.15, 0.2) is 0 Å². The summed E-state index contributed by atoms with van der Waals surface area (Å²) in [6.45, 7) is 5.84. The molecule has 1 aromatic rings. The van der Waals surface area contributed by atoms with Crippen molar-refractivity contribution in [3.63, 3.8) is 0 Å². The molecule has 5 nitrogen and oxygen atoms in total. The summed E-state index contributed by atoms with van der Waals surface area (Å²) in [5, 5.41) is 3.24. The fraction of sp³-hybridized carbons (Fsp3) is 0.571. The summed E-state index contributed by atoms with van der Waals surface area (Å²) in [5.41, 5.74) is 1.79. The van der Waals surface area contributed by atoms with Gasteiger partial charge in [-0.3, -0.25) is 4.31 Å². The maximum absolute atomic E-state index is 12.5. The van der Waals surface area contributed by atoms with Crippen molar-refractivity contribution in [1.82, 2.24) is 5.32 Å². The van der Waals surface area contributed by atoms with Gasteiger partial charge in [0.2, 0.25) is 10.0 Å². The molecular weight excluding hydrogens is 276 g/mol. The van der Waals surface area contributed by atoms with Crippen LogP contribution in [0, 0.1) is 0 Å². The van der Waals surface area contributed by atoms with Crippen LogP contribution in [0.4, 0.5) is 5.69 Å². The molecule has 0 bridgehead atoms. The molecule has 1 aromatic carbocycles. The first-order valence-corrected chi connectivity index (χ1v) is 8.52. The number of rotatable bonds is 5. The number of fused-ring (bicyclic) bond motifs is 1. The van der Waals surface area contributed by atoms with E-state index in [-0.39, 0.29) is 18.5 Å². The fourth-order valence-corrected chi connectivity index (χ4v) is 3.59. The zero-order valence-corrected chi connectivity index (χ0v) is 12.8. The largest absolute Gasteiger partial charge is 0.378 e. The molecule has 0 fully saturated rings.